The van der Waals surface area contributed by atoms with Crippen molar-refractivity contribution < 1.29 is 9.66 Å². The third kappa shape index (κ3) is 3.17. The van der Waals surface area contributed by atoms with Gasteiger partial charge in [-0.15, -0.1) is 0 Å². The van der Waals surface area contributed by atoms with E-state index < -0.39 is 4.92 Å². The Balaban J connectivity index is 2.17. The number of nitro benzene ring substituents is 1. The first kappa shape index (κ1) is 12.3. The molecule has 0 saturated carbocycles. The third-order valence-corrected chi connectivity index (χ3v) is 3.16. The van der Waals surface area contributed by atoms with E-state index in [9.17, 15) is 10.1 Å². The third-order valence-electron chi connectivity index (χ3n) is 2.66. The summed E-state index contributed by atoms with van der Waals surface area (Å²) in [6, 6.07) is 4.74. The lowest BCUT2D eigenvalue weighted by molar-refractivity contribution is -0.386. The molecule has 0 aromatic heterocycles. The van der Waals surface area contributed by atoms with E-state index in [1.165, 1.54) is 6.07 Å². The average molecular weight is 301 g/mol. The molecule has 1 aliphatic heterocycles. The summed E-state index contributed by atoms with van der Waals surface area (Å²) < 4.78 is 6.47. The Kier molecular flexibility index (Phi) is 3.96. The van der Waals surface area contributed by atoms with Gasteiger partial charge in [0.05, 0.1) is 4.92 Å². The topological polar surface area (TPSA) is 64.4 Å². The van der Waals surface area contributed by atoms with Crippen LogP contribution in [0.2, 0.25) is 0 Å². The molecule has 2 rings (SSSR count). The van der Waals surface area contributed by atoms with Crippen LogP contribution in [0.25, 0.3) is 0 Å². The fourth-order valence-electron chi connectivity index (χ4n) is 1.83. The maximum atomic E-state index is 10.9. The number of nitrogens with one attached hydrogen (secondary N) is 1. The van der Waals surface area contributed by atoms with E-state index in [2.05, 4.69) is 21.2 Å². The highest BCUT2D eigenvalue weighted by Crippen LogP contribution is 2.31. The largest absolute Gasteiger partial charge is 0.482 e. The lowest BCUT2D eigenvalue weighted by Crippen LogP contribution is -2.37. The van der Waals surface area contributed by atoms with Gasteiger partial charge in [0.15, 0.2) is 5.75 Å². The highest BCUT2D eigenvalue weighted by atomic mass is 79.9. The number of nitro groups is 1. The van der Waals surface area contributed by atoms with Gasteiger partial charge >= 0.3 is 5.69 Å². The summed E-state index contributed by atoms with van der Waals surface area (Å²) in [7, 11) is 0. The Morgan fingerprint density at radius 2 is 2.35 bits per heavy atom. The summed E-state index contributed by atoms with van der Waals surface area (Å²) in [5.74, 6) is 0.332. The van der Waals surface area contributed by atoms with Crippen LogP contribution in [0.4, 0.5) is 5.69 Å². The SMILES string of the molecule is O=[N+]([O-])c1ccc(Br)cc1O[C@H]1CCCNC1. The Morgan fingerprint density at radius 3 is 3.00 bits per heavy atom. The zero-order valence-corrected chi connectivity index (χ0v) is 10.8. The fraction of sp³-hybridized carbons (Fsp3) is 0.455. The number of rotatable bonds is 3. The molecule has 0 unspecified atom stereocenters. The second kappa shape index (κ2) is 5.46. The molecule has 92 valence electrons. The van der Waals surface area contributed by atoms with Crippen LogP contribution < -0.4 is 10.1 Å². The van der Waals surface area contributed by atoms with Gasteiger partial charge in [0.1, 0.15) is 6.10 Å². The molecule has 1 N–H and O–H groups in total. The van der Waals surface area contributed by atoms with Gasteiger partial charge in [0.2, 0.25) is 0 Å². The van der Waals surface area contributed by atoms with Crippen molar-refractivity contribution in [2.24, 2.45) is 0 Å². The van der Waals surface area contributed by atoms with Crippen molar-refractivity contribution in [2.45, 2.75) is 18.9 Å². The van der Waals surface area contributed by atoms with E-state index in [1.54, 1.807) is 12.1 Å². The second-order valence-electron chi connectivity index (χ2n) is 3.96. The van der Waals surface area contributed by atoms with E-state index in [4.69, 9.17) is 4.74 Å². The molecule has 17 heavy (non-hydrogen) atoms. The predicted molar refractivity (Wildman–Crippen MR) is 67.3 cm³/mol. The summed E-state index contributed by atoms with van der Waals surface area (Å²) in [4.78, 5) is 10.5. The molecule has 1 aliphatic rings. The quantitative estimate of drug-likeness (QED) is 0.688. The molecular weight excluding hydrogens is 288 g/mol. The van der Waals surface area contributed by atoms with Crippen molar-refractivity contribution >= 4 is 21.6 Å². The Morgan fingerprint density at radius 1 is 1.53 bits per heavy atom. The number of benzene rings is 1. The maximum Gasteiger partial charge on any atom is 0.311 e. The lowest BCUT2D eigenvalue weighted by atomic mass is 10.1. The van der Waals surface area contributed by atoms with Crippen LogP contribution in [-0.4, -0.2) is 24.1 Å². The Hall–Kier alpha value is -1.14. The van der Waals surface area contributed by atoms with E-state index in [0.717, 1.165) is 30.4 Å². The van der Waals surface area contributed by atoms with Crippen molar-refractivity contribution in [1.29, 1.82) is 0 Å². The molecule has 1 saturated heterocycles. The zero-order valence-electron chi connectivity index (χ0n) is 9.19. The van der Waals surface area contributed by atoms with E-state index in [1.807, 2.05) is 0 Å². The number of halogens is 1. The van der Waals surface area contributed by atoms with Crippen molar-refractivity contribution in [1.82, 2.24) is 5.32 Å². The van der Waals surface area contributed by atoms with Crippen molar-refractivity contribution in [2.75, 3.05) is 13.1 Å². The molecule has 1 atom stereocenters. The first-order valence-corrected chi connectivity index (χ1v) is 6.27. The van der Waals surface area contributed by atoms with Crippen molar-refractivity contribution in [3.63, 3.8) is 0 Å². The molecule has 1 fully saturated rings. The molecule has 0 radical (unpaired) electrons. The summed E-state index contributed by atoms with van der Waals surface area (Å²) in [5.41, 5.74) is 0.0128. The summed E-state index contributed by atoms with van der Waals surface area (Å²) in [6.45, 7) is 1.73. The van der Waals surface area contributed by atoms with Crippen LogP contribution in [-0.2, 0) is 0 Å². The predicted octanol–water partition coefficient (Wildman–Crippen LogP) is 2.49. The molecular formula is C11H13BrN2O3. The van der Waals surface area contributed by atoms with E-state index in [0.29, 0.717) is 5.75 Å². The van der Waals surface area contributed by atoms with Gasteiger partial charge in [-0.3, -0.25) is 10.1 Å². The number of hydrogen-bond donors (Lipinski definition) is 1. The molecule has 5 nitrogen and oxygen atoms in total. The molecule has 0 spiro atoms. The molecule has 0 aliphatic carbocycles. The van der Waals surface area contributed by atoms with Crippen LogP contribution in [0.5, 0.6) is 5.75 Å². The van der Waals surface area contributed by atoms with Crippen molar-refractivity contribution in [3.05, 3.63) is 32.8 Å². The van der Waals surface area contributed by atoms with Crippen LogP contribution in [0, 0.1) is 10.1 Å². The van der Waals surface area contributed by atoms with Gasteiger partial charge in [-0.05, 0) is 25.5 Å². The zero-order chi connectivity index (χ0) is 12.3. The number of piperidine rings is 1. The number of ether oxygens (including phenoxy) is 1. The minimum atomic E-state index is -0.419. The van der Waals surface area contributed by atoms with Crippen LogP contribution in [0.3, 0.4) is 0 Å². The Labute approximate surface area is 107 Å². The van der Waals surface area contributed by atoms with Crippen LogP contribution in [0.15, 0.2) is 22.7 Å². The normalized spacial score (nSPS) is 19.9. The van der Waals surface area contributed by atoms with Gasteiger partial charge in [-0.2, -0.15) is 0 Å². The lowest BCUT2D eigenvalue weighted by Gasteiger charge is -2.23. The fourth-order valence-corrected chi connectivity index (χ4v) is 2.17. The summed E-state index contributed by atoms with van der Waals surface area (Å²) >= 11 is 3.29. The van der Waals surface area contributed by atoms with E-state index >= 15 is 0 Å². The van der Waals surface area contributed by atoms with Gasteiger partial charge < -0.3 is 10.1 Å². The molecule has 0 bridgehead atoms. The molecule has 1 aromatic carbocycles. The molecule has 1 heterocycles. The van der Waals surface area contributed by atoms with E-state index in [-0.39, 0.29) is 11.8 Å². The first-order chi connectivity index (χ1) is 8.16. The highest BCUT2D eigenvalue weighted by Gasteiger charge is 2.20. The highest BCUT2D eigenvalue weighted by molar-refractivity contribution is 9.10. The maximum absolute atomic E-state index is 10.9. The minimum Gasteiger partial charge on any atom is -0.482 e. The van der Waals surface area contributed by atoms with Gasteiger partial charge in [-0.1, -0.05) is 15.9 Å². The molecule has 0 amide bonds. The smallest absolute Gasteiger partial charge is 0.311 e. The average Bonchev–Trinajstić information content (AvgIpc) is 2.30. The monoisotopic (exact) mass is 300 g/mol. The molecule has 6 heteroatoms. The Bertz CT molecular complexity index is 419. The van der Waals surface area contributed by atoms with Gasteiger partial charge in [0.25, 0.3) is 0 Å². The van der Waals surface area contributed by atoms with Gasteiger partial charge in [0, 0.05) is 23.2 Å². The number of nitrogens with zero attached hydrogens (tertiary/aromatic N) is 1. The first-order valence-electron chi connectivity index (χ1n) is 5.48. The number of hydrogen-bond acceptors (Lipinski definition) is 4. The minimum absolute atomic E-state index is 0.0109. The van der Waals surface area contributed by atoms with Crippen LogP contribution >= 0.6 is 15.9 Å². The van der Waals surface area contributed by atoms with Crippen LogP contribution in [0.1, 0.15) is 12.8 Å². The summed E-state index contributed by atoms with van der Waals surface area (Å²) in [6.07, 6.45) is 1.97. The summed E-state index contributed by atoms with van der Waals surface area (Å²) in [5, 5.41) is 14.1. The van der Waals surface area contributed by atoms with Gasteiger partial charge in [-0.25, -0.2) is 0 Å². The van der Waals surface area contributed by atoms with Crippen molar-refractivity contribution in [3.8, 4) is 5.75 Å². The second-order valence-corrected chi connectivity index (χ2v) is 4.87. The molecule has 1 aromatic rings. The standard InChI is InChI=1S/C11H13BrN2O3/c12-8-3-4-10(14(15)16)11(6-8)17-9-2-1-5-13-7-9/h3-4,6,9,13H,1-2,5,7H2/t9-/m0/s1.